The maximum absolute atomic E-state index is 11.9. The van der Waals surface area contributed by atoms with Crippen molar-refractivity contribution in [3.63, 3.8) is 0 Å². The van der Waals surface area contributed by atoms with Gasteiger partial charge in [-0.1, -0.05) is 13.0 Å². The van der Waals surface area contributed by atoms with Gasteiger partial charge in [-0.2, -0.15) is 0 Å². The number of anilines is 1. The number of nitrogens with zero attached hydrogens (tertiary/aromatic N) is 1. The summed E-state index contributed by atoms with van der Waals surface area (Å²) in [6, 6.07) is 8.05. The van der Waals surface area contributed by atoms with Crippen molar-refractivity contribution in [2.75, 3.05) is 25.1 Å². The molecule has 0 bridgehead atoms. The largest absolute Gasteiger partial charge is 0.497 e. The quantitative estimate of drug-likeness (QED) is 0.801. The van der Waals surface area contributed by atoms with E-state index in [0.29, 0.717) is 5.78 Å². The summed E-state index contributed by atoms with van der Waals surface area (Å²) in [7, 11) is 1.68. The Labute approximate surface area is 109 Å². The molecule has 1 unspecified atom stereocenters. The highest BCUT2D eigenvalue weighted by atomic mass is 16.5. The normalized spacial score (nSPS) is 19.0. The summed E-state index contributed by atoms with van der Waals surface area (Å²) in [6.45, 7) is 3.88. The van der Waals surface area contributed by atoms with Gasteiger partial charge in [-0.15, -0.1) is 0 Å². The second-order valence-electron chi connectivity index (χ2n) is 4.85. The number of ketones is 1. The molecule has 0 spiro atoms. The fourth-order valence-corrected chi connectivity index (χ4v) is 2.52. The van der Waals surface area contributed by atoms with Crippen LogP contribution in [0.25, 0.3) is 0 Å². The third-order valence-corrected chi connectivity index (χ3v) is 3.56. The second-order valence-corrected chi connectivity index (χ2v) is 4.85. The maximum atomic E-state index is 11.9. The molecule has 0 radical (unpaired) electrons. The van der Waals surface area contributed by atoms with Crippen molar-refractivity contribution in [3.05, 3.63) is 24.3 Å². The molecular weight excluding hydrogens is 226 g/mol. The van der Waals surface area contributed by atoms with Gasteiger partial charge in [0.05, 0.1) is 7.11 Å². The van der Waals surface area contributed by atoms with Gasteiger partial charge in [-0.25, -0.2) is 0 Å². The SMILES string of the molecule is CCCC(=O)C1CCN(c2cccc(OC)c2)C1. The van der Waals surface area contributed by atoms with Crippen LogP contribution in [0.15, 0.2) is 24.3 Å². The van der Waals surface area contributed by atoms with Crippen LogP contribution >= 0.6 is 0 Å². The van der Waals surface area contributed by atoms with Gasteiger partial charge in [0.15, 0.2) is 0 Å². The van der Waals surface area contributed by atoms with Gasteiger partial charge in [0.2, 0.25) is 0 Å². The fourth-order valence-electron chi connectivity index (χ4n) is 2.52. The van der Waals surface area contributed by atoms with E-state index in [1.807, 2.05) is 18.2 Å². The van der Waals surface area contributed by atoms with Gasteiger partial charge in [0.25, 0.3) is 0 Å². The predicted molar refractivity (Wildman–Crippen MR) is 73.2 cm³/mol. The van der Waals surface area contributed by atoms with Gasteiger partial charge in [-0.05, 0) is 25.0 Å². The number of hydrogen-bond donors (Lipinski definition) is 0. The molecule has 1 aliphatic heterocycles. The lowest BCUT2D eigenvalue weighted by Crippen LogP contribution is -2.22. The summed E-state index contributed by atoms with van der Waals surface area (Å²) < 4.78 is 5.23. The fraction of sp³-hybridized carbons (Fsp3) is 0.533. The molecule has 3 nitrogen and oxygen atoms in total. The van der Waals surface area contributed by atoms with Crippen molar-refractivity contribution >= 4 is 11.5 Å². The van der Waals surface area contributed by atoms with Crippen molar-refractivity contribution in [2.24, 2.45) is 5.92 Å². The molecule has 18 heavy (non-hydrogen) atoms. The number of benzene rings is 1. The van der Waals surface area contributed by atoms with Crippen molar-refractivity contribution in [2.45, 2.75) is 26.2 Å². The molecule has 1 aromatic carbocycles. The van der Waals surface area contributed by atoms with Crippen LogP contribution in [0.4, 0.5) is 5.69 Å². The molecule has 1 aliphatic rings. The van der Waals surface area contributed by atoms with Crippen LogP contribution in [0.3, 0.4) is 0 Å². The first kappa shape index (κ1) is 12.9. The summed E-state index contributed by atoms with van der Waals surface area (Å²) in [5.74, 6) is 1.51. The minimum Gasteiger partial charge on any atom is -0.497 e. The lowest BCUT2D eigenvalue weighted by atomic mass is 10.00. The highest BCUT2D eigenvalue weighted by molar-refractivity contribution is 5.82. The first-order valence-electron chi connectivity index (χ1n) is 6.66. The molecule has 1 atom stereocenters. The van der Waals surface area contributed by atoms with E-state index in [0.717, 1.165) is 43.8 Å². The lowest BCUT2D eigenvalue weighted by Gasteiger charge is -2.19. The van der Waals surface area contributed by atoms with Gasteiger partial charge < -0.3 is 9.64 Å². The monoisotopic (exact) mass is 247 g/mol. The molecule has 0 N–H and O–H groups in total. The number of Topliss-reactive ketones (excluding diaryl/α,β-unsaturated/α-hetero) is 1. The predicted octanol–water partition coefficient (Wildman–Crippen LogP) is 2.89. The zero-order valence-corrected chi connectivity index (χ0v) is 11.2. The van der Waals surface area contributed by atoms with E-state index in [4.69, 9.17) is 4.74 Å². The van der Waals surface area contributed by atoms with Gasteiger partial charge >= 0.3 is 0 Å². The van der Waals surface area contributed by atoms with E-state index in [1.54, 1.807) is 7.11 Å². The number of hydrogen-bond acceptors (Lipinski definition) is 3. The van der Waals surface area contributed by atoms with Crippen molar-refractivity contribution < 1.29 is 9.53 Å². The van der Waals surface area contributed by atoms with Gasteiger partial charge in [0, 0.05) is 37.2 Å². The van der Waals surface area contributed by atoms with E-state index in [-0.39, 0.29) is 5.92 Å². The highest BCUT2D eigenvalue weighted by Gasteiger charge is 2.27. The summed E-state index contributed by atoms with van der Waals surface area (Å²) >= 11 is 0. The third-order valence-electron chi connectivity index (χ3n) is 3.56. The highest BCUT2D eigenvalue weighted by Crippen LogP contribution is 2.27. The zero-order chi connectivity index (χ0) is 13.0. The summed E-state index contributed by atoms with van der Waals surface area (Å²) in [4.78, 5) is 14.2. The van der Waals surface area contributed by atoms with Crippen LogP contribution < -0.4 is 9.64 Å². The van der Waals surface area contributed by atoms with E-state index in [9.17, 15) is 4.79 Å². The van der Waals surface area contributed by atoms with E-state index in [2.05, 4.69) is 17.9 Å². The average molecular weight is 247 g/mol. The number of rotatable bonds is 5. The minimum absolute atomic E-state index is 0.219. The minimum atomic E-state index is 0.219. The third kappa shape index (κ3) is 2.84. The maximum Gasteiger partial charge on any atom is 0.137 e. The first-order valence-corrected chi connectivity index (χ1v) is 6.66. The molecule has 1 heterocycles. The molecule has 98 valence electrons. The van der Waals surface area contributed by atoms with Crippen LogP contribution in [0.2, 0.25) is 0 Å². The number of carbonyl (C=O) groups is 1. The van der Waals surface area contributed by atoms with Crippen molar-refractivity contribution in [1.29, 1.82) is 0 Å². The van der Waals surface area contributed by atoms with E-state index < -0.39 is 0 Å². The number of methoxy groups -OCH3 is 1. The van der Waals surface area contributed by atoms with Crippen molar-refractivity contribution in [3.8, 4) is 5.75 Å². The Morgan fingerprint density at radius 2 is 2.33 bits per heavy atom. The molecule has 3 heteroatoms. The van der Waals surface area contributed by atoms with E-state index >= 15 is 0 Å². The summed E-state index contributed by atoms with van der Waals surface area (Å²) in [5, 5.41) is 0. The Morgan fingerprint density at radius 3 is 3.06 bits per heavy atom. The molecular formula is C15H21NO2. The Hall–Kier alpha value is -1.51. The molecule has 0 aliphatic carbocycles. The molecule has 0 amide bonds. The Kier molecular flexibility index (Phi) is 4.24. The molecule has 1 saturated heterocycles. The van der Waals surface area contributed by atoms with Crippen LogP contribution in [0.5, 0.6) is 5.75 Å². The Bertz CT molecular complexity index is 417. The summed E-state index contributed by atoms with van der Waals surface area (Å²) in [5.41, 5.74) is 1.15. The first-order chi connectivity index (χ1) is 8.74. The Morgan fingerprint density at radius 1 is 1.50 bits per heavy atom. The van der Waals surface area contributed by atoms with Crippen LogP contribution in [-0.4, -0.2) is 26.0 Å². The molecule has 2 rings (SSSR count). The molecule has 1 fully saturated rings. The van der Waals surface area contributed by atoms with Crippen LogP contribution in [0.1, 0.15) is 26.2 Å². The van der Waals surface area contributed by atoms with Gasteiger partial charge in [-0.3, -0.25) is 4.79 Å². The van der Waals surface area contributed by atoms with Crippen LogP contribution in [0, 0.1) is 5.92 Å². The standard InChI is InChI=1S/C15H21NO2/c1-3-5-15(17)12-8-9-16(11-12)13-6-4-7-14(10-13)18-2/h4,6-7,10,12H,3,5,8-9,11H2,1-2H3. The molecule has 0 aromatic heterocycles. The summed E-state index contributed by atoms with van der Waals surface area (Å²) in [6.07, 6.45) is 2.65. The Balaban J connectivity index is 2.01. The molecule has 1 aromatic rings. The van der Waals surface area contributed by atoms with Gasteiger partial charge in [0.1, 0.15) is 11.5 Å². The number of carbonyl (C=O) groups excluding carboxylic acids is 1. The molecule has 0 saturated carbocycles. The second kappa shape index (κ2) is 5.89. The lowest BCUT2D eigenvalue weighted by molar-refractivity contribution is -0.122. The van der Waals surface area contributed by atoms with E-state index in [1.165, 1.54) is 0 Å². The smallest absolute Gasteiger partial charge is 0.137 e. The average Bonchev–Trinajstić information content (AvgIpc) is 2.89. The van der Waals surface area contributed by atoms with Crippen molar-refractivity contribution in [1.82, 2.24) is 0 Å². The zero-order valence-electron chi connectivity index (χ0n) is 11.2. The van der Waals surface area contributed by atoms with Crippen LogP contribution in [-0.2, 0) is 4.79 Å². The number of ether oxygens (including phenoxy) is 1. The topological polar surface area (TPSA) is 29.5 Å².